The number of amides is 2. The van der Waals surface area contributed by atoms with Crippen molar-refractivity contribution < 1.29 is 23.9 Å². The first-order valence-corrected chi connectivity index (χ1v) is 10.8. The Labute approximate surface area is 194 Å². The molecule has 0 fully saturated rings. The average molecular weight is 472 g/mol. The van der Waals surface area contributed by atoms with Crippen LogP contribution < -0.4 is 4.74 Å². The monoisotopic (exact) mass is 471 g/mol. The van der Waals surface area contributed by atoms with Crippen LogP contribution in [0.1, 0.15) is 33.6 Å². The summed E-state index contributed by atoms with van der Waals surface area (Å²) in [7, 11) is 0. The molecule has 0 N–H and O–H groups in total. The highest BCUT2D eigenvalue weighted by Gasteiger charge is 2.32. The van der Waals surface area contributed by atoms with Gasteiger partial charge in [0.1, 0.15) is 19.0 Å². The molecule has 4 rings (SSSR count). The van der Waals surface area contributed by atoms with Gasteiger partial charge in [0.15, 0.2) is 0 Å². The van der Waals surface area contributed by atoms with Crippen molar-refractivity contribution in [1.82, 2.24) is 4.90 Å². The van der Waals surface area contributed by atoms with Crippen molar-refractivity contribution in [3.05, 3.63) is 75.8 Å². The van der Waals surface area contributed by atoms with E-state index in [2.05, 4.69) is 0 Å². The number of hydrogen-bond acceptors (Lipinski definition) is 5. The molecule has 0 aliphatic carbocycles. The number of hydrogen-bond donors (Lipinski definition) is 0. The molecule has 2 amide bonds. The van der Waals surface area contributed by atoms with E-state index < -0.39 is 5.97 Å². The zero-order valence-electron chi connectivity index (χ0n) is 17.0. The van der Waals surface area contributed by atoms with Gasteiger partial charge in [0.05, 0.1) is 5.02 Å². The van der Waals surface area contributed by atoms with Crippen molar-refractivity contribution in [2.75, 3.05) is 19.8 Å². The molecule has 0 saturated heterocycles. The molecule has 3 aromatic carbocycles. The summed E-state index contributed by atoms with van der Waals surface area (Å²) in [6.07, 6.45) is 0.378. The lowest BCUT2D eigenvalue weighted by molar-refractivity contribution is -0.144. The minimum absolute atomic E-state index is 0.0503. The zero-order valence-corrected chi connectivity index (χ0v) is 18.5. The quantitative estimate of drug-likeness (QED) is 0.258. The highest BCUT2D eigenvalue weighted by atomic mass is 35.5. The fourth-order valence-electron chi connectivity index (χ4n) is 3.64. The number of carbonyl (C=O) groups excluding carboxylic acids is 3. The summed E-state index contributed by atoms with van der Waals surface area (Å²) in [5.74, 6) is -0.679. The molecule has 0 atom stereocenters. The SMILES string of the molecule is O=C(CCCN1C(=O)c2cccc3cccc(c23)C1=O)OCCOc1ccc(Cl)cc1Cl. The molecule has 3 aromatic rings. The van der Waals surface area contributed by atoms with E-state index in [0.29, 0.717) is 38.7 Å². The molecule has 0 aromatic heterocycles. The molecule has 0 saturated carbocycles. The Balaban J connectivity index is 1.26. The molecule has 6 nitrogen and oxygen atoms in total. The minimum atomic E-state index is -0.435. The lowest BCUT2D eigenvalue weighted by atomic mass is 9.94. The number of ether oxygens (including phenoxy) is 2. The largest absolute Gasteiger partial charge is 0.488 e. The van der Waals surface area contributed by atoms with Gasteiger partial charge in [-0.05, 0) is 42.1 Å². The summed E-state index contributed by atoms with van der Waals surface area (Å²) in [6.45, 7) is 0.320. The number of carbonyl (C=O) groups is 3. The first-order chi connectivity index (χ1) is 15.5. The number of halogens is 2. The molecule has 0 radical (unpaired) electrons. The molecule has 32 heavy (non-hydrogen) atoms. The van der Waals surface area contributed by atoms with Crippen molar-refractivity contribution in [1.29, 1.82) is 0 Å². The van der Waals surface area contributed by atoms with Crippen LogP contribution in [-0.4, -0.2) is 42.4 Å². The Morgan fingerprint density at radius 2 is 1.59 bits per heavy atom. The summed E-state index contributed by atoms with van der Waals surface area (Å²) in [6, 6.07) is 15.6. The average Bonchev–Trinajstić information content (AvgIpc) is 2.78. The molecule has 0 unspecified atom stereocenters. The highest BCUT2D eigenvalue weighted by Crippen LogP contribution is 2.30. The van der Waals surface area contributed by atoms with E-state index in [1.54, 1.807) is 42.5 Å². The van der Waals surface area contributed by atoms with E-state index in [0.717, 1.165) is 5.39 Å². The van der Waals surface area contributed by atoms with Gasteiger partial charge in [-0.1, -0.05) is 47.5 Å². The van der Waals surface area contributed by atoms with Crippen LogP contribution in [-0.2, 0) is 9.53 Å². The van der Waals surface area contributed by atoms with Gasteiger partial charge in [-0.25, -0.2) is 0 Å². The molecule has 1 aliphatic rings. The maximum atomic E-state index is 12.8. The van der Waals surface area contributed by atoms with Gasteiger partial charge in [0, 0.05) is 34.5 Å². The first kappa shape index (κ1) is 22.1. The molecule has 164 valence electrons. The number of nitrogens with zero attached hydrogens (tertiary/aromatic N) is 1. The Bertz CT molecular complexity index is 1160. The Morgan fingerprint density at radius 1 is 0.906 bits per heavy atom. The van der Waals surface area contributed by atoms with Gasteiger partial charge in [0.2, 0.25) is 0 Å². The van der Waals surface area contributed by atoms with Crippen molar-refractivity contribution in [3.8, 4) is 5.75 Å². The van der Waals surface area contributed by atoms with Crippen molar-refractivity contribution in [2.24, 2.45) is 0 Å². The van der Waals surface area contributed by atoms with Gasteiger partial charge < -0.3 is 9.47 Å². The maximum absolute atomic E-state index is 12.8. The van der Waals surface area contributed by atoms with E-state index >= 15 is 0 Å². The van der Waals surface area contributed by atoms with E-state index in [9.17, 15) is 14.4 Å². The first-order valence-electron chi connectivity index (χ1n) is 10.1. The number of rotatable bonds is 8. The van der Waals surface area contributed by atoms with Crippen LogP contribution in [0.4, 0.5) is 0 Å². The molecule has 0 bridgehead atoms. The molecule has 1 heterocycles. The third kappa shape index (κ3) is 4.56. The number of imide groups is 1. The highest BCUT2D eigenvalue weighted by molar-refractivity contribution is 6.35. The van der Waals surface area contributed by atoms with Gasteiger partial charge in [0.25, 0.3) is 11.8 Å². The fraction of sp³-hybridized carbons (Fsp3) is 0.208. The van der Waals surface area contributed by atoms with Crippen LogP contribution in [0.25, 0.3) is 10.8 Å². The summed E-state index contributed by atoms with van der Waals surface area (Å²) in [5.41, 5.74) is 0.997. The van der Waals surface area contributed by atoms with Crippen LogP contribution in [0.3, 0.4) is 0 Å². The van der Waals surface area contributed by atoms with E-state index in [1.165, 1.54) is 4.90 Å². The summed E-state index contributed by atoms with van der Waals surface area (Å²) in [4.78, 5) is 38.9. The number of benzene rings is 3. The standard InChI is InChI=1S/C24H19Cl2NO5/c25-16-9-10-20(19(26)14-16)31-12-13-32-21(28)8-3-11-27-23(29)17-6-1-4-15-5-2-7-18(22(15)17)24(27)30/h1-2,4-7,9-10,14H,3,8,11-13H2. The van der Waals surface area contributed by atoms with Crippen molar-refractivity contribution >= 4 is 51.8 Å². The van der Waals surface area contributed by atoms with Crippen LogP contribution in [0.5, 0.6) is 5.75 Å². The predicted octanol–water partition coefficient (Wildman–Crippen LogP) is 5.15. The summed E-state index contributed by atoms with van der Waals surface area (Å²) in [5, 5.41) is 2.41. The van der Waals surface area contributed by atoms with E-state index in [-0.39, 0.29) is 38.0 Å². The van der Waals surface area contributed by atoms with Crippen LogP contribution >= 0.6 is 23.2 Å². The summed E-state index contributed by atoms with van der Waals surface area (Å²) < 4.78 is 10.6. The van der Waals surface area contributed by atoms with Gasteiger partial charge in [-0.2, -0.15) is 0 Å². The van der Waals surface area contributed by atoms with Crippen molar-refractivity contribution in [3.63, 3.8) is 0 Å². The Kier molecular flexibility index (Phi) is 6.63. The van der Waals surface area contributed by atoms with Gasteiger partial charge >= 0.3 is 5.97 Å². The van der Waals surface area contributed by atoms with E-state index in [1.807, 2.05) is 12.1 Å². The maximum Gasteiger partial charge on any atom is 0.305 e. The van der Waals surface area contributed by atoms with Crippen LogP contribution in [0.15, 0.2) is 54.6 Å². The van der Waals surface area contributed by atoms with Crippen LogP contribution in [0, 0.1) is 0 Å². The molecule has 8 heteroatoms. The second-order valence-electron chi connectivity index (χ2n) is 7.22. The fourth-order valence-corrected chi connectivity index (χ4v) is 4.10. The lowest BCUT2D eigenvalue weighted by Gasteiger charge is -2.27. The normalized spacial score (nSPS) is 12.9. The Hall–Kier alpha value is -3.09. The smallest absolute Gasteiger partial charge is 0.305 e. The van der Waals surface area contributed by atoms with E-state index in [4.69, 9.17) is 32.7 Å². The topological polar surface area (TPSA) is 72.9 Å². The third-order valence-electron chi connectivity index (χ3n) is 5.12. The zero-order chi connectivity index (χ0) is 22.7. The second-order valence-corrected chi connectivity index (χ2v) is 8.06. The molecular formula is C24H19Cl2NO5. The second kappa shape index (κ2) is 9.59. The minimum Gasteiger partial charge on any atom is -0.488 e. The van der Waals surface area contributed by atoms with Crippen molar-refractivity contribution in [2.45, 2.75) is 12.8 Å². The molecular weight excluding hydrogens is 453 g/mol. The number of esters is 1. The lowest BCUT2D eigenvalue weighted by Crippen LogP contribution is -2.41. The molecule has 0 spiro atoms. The summed E-state index contributed by atoms with van der Waals surface area (Å²) >= 11 is 11.8. The van der Waals surface area contributed by atoms with Gasteiger partial charge in [-0.3, -0.25) is 19.3 Å². The Morgan fingerprint density at radius 3 is 2.25 bits per heavy atom. The molecule has 1 aliphatic heterocycles. The van der Waals surface area contributed by atoms with Crippen LogP contribution in [0.2, 0.25) is 10.0 Å². The predicted molar refractivity (Wildman–Crippen MR) is 121 cm³/mol. The van der Waals surface area contributed by atoms with Gasteiger partial charge in [-0.15, -0.1) is 0 Å². The third-order valence-corrected chi connectivity index (χ3v) is 5.65.